The fourth-order valence-corrected chi connectivity index (χ4v) is 4.85. The molecule has 1 amide bonds. The predicted octanol–water partition coefficient (Wildman–Crippen LogP) is 2.38. The molecule has 2 N–H and O–H groups in total. The molecule has 1 saturated carbocycles. The number of esters is 1. The average Bonchev–Trinajstić information content (AvgIpc) is 2.76. The van der Waals surface area contributed by atoms with Crippen LogP contribution in [0.4, 0.5) is 0 Å². The van der Waals surface area contributed by atoms with Gasteiger partial charge in [0.2, 0.25) is 5.91 Å². The van der Waals surface area contributed by atoms with Crippen LogP contribution in [0, 0.1) is 5.92 Å². The summed E-state index contributed by atoms with van der Waals surface area (Å²) in [4.78, 5) is 39.2. The van der Waals surface area contributed by atoms with Gasteiger partial charge in [0.05, 0.1) is 12.6 Å². The number of piperidine rings is 2. The van der Waals surface area contributed by atoms with Crippen LogP contribution in [0.5, 0.6) is 0 Å². The molecule has 1 aromatic rings. The Morgan fingerprint density at radius 1 is 1.17 bits per heavy atom. The van der Waals surface area contributed by atoms with E-state index in [1.807, 2.05) is 30.3 Å². The third-order valence-electron chi connectivity index (χ3n) is 6.35. The van der Waals surface area contributed by atoms with Crippen LogP contribution < -0.4 is 5.32 Å². The Balaban J connectivity index is 1.69. The van der Waals surface area contributed by atoms with Gasteiger partial charge < -0.3 is 14.7 Å². The van der Waals surface area contributed by atoms with Crippen molar-refractivity contribution in [2.75, 3.05) is 6.61 Å². The molecule has 2 bridgehead atoms. The first-order valence-corrected chi connectivity index (χ1v) is 10.9. The van der Waals surface area contributed by atoms with Gasteiger partial charge in [-0.15, -0.1) is 0 Å². The number of carbonyl (C=O) groups excluding carboxylic acids is 2. The molecular formula is C23H32N2O5. The zero-order valence-corrected chi connectivity index (χ0v) is 17.8. The van der Waals surface area contributed by atoms with Crippen LogP contribution in [0.3, 0.4) is 0 Å². The van der Waals surface area contributed by atoms with E-state index in [1.54, 1.807) is 18.7 Å². The number of aryl methyl sites for hydroxylation is 1. The minimum Gasteiger partial charge on any atom is -0.480 e. The quantitative estimate of drug-likeness (QED) is 0.600. The van der Waals surface area contributed by atoms with Gasteiger partial charge in [0.15, 0.2) is 0 Å². The highest BCUT2D eigenvalue weighted by molar-refractivity contribution is 5.88. The Bertz CT molecular complexity index is 745. The number of rotatable bonds is 9. The van der Waals surface area contributed by atoms with Gasteiger partial charge in [0, 0.05) is 6.04 Å². The standard InChI is InChI=1S/C23H32N2O5/c1-3-30-23(29)19(14-9-16-7-5-4-6-8-16)24-15(2)21(26)25-18-12-10-17(11-13-18)20(25)22(27)28/h4-8,15,17-20,24H,3,9-14H2,1-2H3,(H,27,28)/t15-,17?,18?,19-,20+/m0/s1. The Morgan fingerprint density at radius 2 is 1.83 bits per heavy atom. The van der Waals surface area contributed by atoms with Crippen molar-refractivity contribution in [2.24, 2.45) is 5.92 Å². The van der Waals surface area contributed by atoms with E-state index in [1.165, 1.54) is 0 Å². The molecule has 30 heavy (non-hydrogen) atoms. The van der Waals surface area contributed by atoms with Crippen molar-refractivity contribution in [3.8, 4) is 0 Å². The predicted molar refractivity (Wildman–Crippen MR) is 112 cm³/mol. The van der Waals surface area contributed by atoms with Gasteiger partial charge in [0.1, 0.15) is 12.1 Å². The third-order valence-corrected chi connectivity index (χ3v) is 6.35. The Hall–Kier alpha value is -2.41. The zero-order chi connectivity index (χ0) is 21.7. The number of hydrogen-bond donors (Lipinski definition) is 2. The van der Waals surface area contributed by atoms with E-state index in [2.05, 4.69) is 5.32 Å². The molecule has 3 fully saturated rings. The lowest BCUT2D eigenvalue weighted by atomic mass is 9.74. The lowest BCUT2D eigenvalue weighted by molar-refractivity contribution is -0.164. The van der Waals surface area contributed by atoms with E-state index < -0.39 is 24.1 Å². The molecule has 0 aromatic heterocycles. The molecule has 1 aliphatic carbocycles. The summed E-state index contributed by atoms with van der Waals surface area (Å²) >= 11 is 0. The first kappa shape index (κ1) is 22.3. The summed E-state index contributed by atoms with van der Waals surface area (Å²) < 4.78 is 5.21. The van der Waals surface area contributed by atoms with Gasteiger partial charge >= 0.3 is 11.9 Å². The highest BCUT2D eigenvalue weighted by atomic mass is 16.5. The monoisotopic (exact) mass is 416 g/mol. The van der Waals surface area contributed by atoms with Crippen molar-refractivity contribution in [1.82, 2.24) is 10.2 Å². The SMILES string of the molecule is CCOC(=O)[C@H](CCc1ccccc1)N[C@@H](C)C(=O)N1C2CCC(CC2)[C@@H]1C(=O)O. The molecule has 2 aliphatic heterocycles. The molecule has 0 spiro atoms. The summed E-state index contributed by atoms with van der Waals surface area (Å²) in [6, 6.07) is 7.74. The maximum Gasteiger partial charge on any atom is 0.326 e. The number of ether oxygens (including phenoxy) is 1. The molecule has 1 aromatic carbocycles. The highest BCUT2D eigenvalue weighted by Crippen LogP contribution is 2.40. The summed E-state index contributed by atoms with van der Waals surface area (Å²) in [6.45, 7) is 3.72. The van der Waals surface area contributed by atoms with Crippen molar-refractivity contribution in [3.05, 3.63) is 35.9 Å². The number of hydrogen-bond acceptors (Lipinski definition) is 5. The van der Waals surface area contributed by atoms with Crippen LogP contribution in [0.2, 0.25) is 0 Å². The summed E-state index contributed by atoms with van der Waals surface area (Å²) in [6.07, 6.45) is 4.58. The van der Waals surface area contributed by atoms with Crippen LogP contribution >= 0.6 is 0 Å². The number of aliphatic carboxylic acids is 1. The second-order valence-corrected chi connectivity index (χ2v) is 8.31. The summed E-state index contributed by atoms with van der Waals surface area (Å²) in [5.74, 6) is -1.55. The minimum absolute atomic E-state index is 0.0163. The zero-order valence-electron chi connectivity index (χ0n) is 17.8. The Labute approximate surface area is 177 Å². The molecule has 0 unspecified atom stereocenters. The number of carboxylic acid groups (broad SMARTS) is 1. The largest absolute Gasteiger partial charge is 0.480 e. The molecule has 3 aliphatic rings. The van der Waals surface area contributed by atoms with Crippen LogP contribution in [0.1, 0.15) is 51.5 Å². The van der Waals surface area contributed by atoms with E-state index >= 15 is 0 Å². The highest BCUT2D eigenvalue weighted by Gasteiger charge is 2.48. The van der Waals surface area contributed by atoms with Crippen LogP contribution in [0.15, 0.2) is 30.3 Å². The van der Waals surface area contributed by atoms with Gasteiger partial charge in [-0.3, -0.25) is 14.9 Å². The topological polar surface area (TPSA) is 95.9 Å². The average molecular weight is 417 g/mol. The van der Waals surface area contributed by atoms with Gasteiger partial charge in [0.25, 0.3) is 0 Å². The molecule has 2 heterocycles. The van der Waals surface area contributed by atoms with Crippen LogP contribution in [0.25, 0.3) is 0 Å². The normalized spacial score (nSPS) is 24.9. The first-order valence-electron chi connectivity index (χ1n) is 10.9. The molecule has 2 saturated heterocycles. The molecule has 0 radical (unpaired) electrons. The number of carbonyl (C=O) groups is 3. The second kappa shape index (κ2) is 10.1. The lowest BCUT2D eigenvalue weighted by Crippen LogP contribution is -2.64. The summed E-state index contributed by atoms with van der Waals surface area (Å²) in [5, 5.41) is 12.9. The Morgan fingerprint density at radius 3 is 2.43 bits per heavy atom. The van der Waals surface area contributed by atoms with Crippen molar-refractivity contribution >= 4 is 17.8 Å². The van der Waals surface area contributed by atoms with E-state index in [9.17, 15) is 19.5 Å². The fourth-order valence-electron chi connectivity index (χ4n) is 4.85. The van der Waals surface area contributed by atoms with Crippen molar-refractivity contribution in [3.63, 3.8) is 0 Å². The van der Waals surface area contributed by atoms with Crippen LogP contribution in [-0.2, 0) is 25.5 Å². The summed E-state index contributed by atoms with van der Waals surface area (Å²) in [7, 11) is 0. The smallest absolute Gasteiger partial charge is 0.326 e. The van der Waals surface area contributed by atoms with E-state index in [4.69, 9.17) is 4.74 Å². The maximum absolute atomic E-state index is 13.2. The van der Waals surface area contributed by atoms with E-state index in [0.717, 1.165) is 31.2 Å². The third kappa shape index (κ3) is 5.01. The van der Waals surface area contributed by atoms with Crippen LogP contribution in [-0.4, -0.2) is 58.6 Å². The number of nitrogens with one attached hydrogen (secondary N) is 1. The van der Waals surface area contributed by atoms with Crippen molar-refractivity contribution in [1.29, 1.82) is 0 Å². The molecular weight excluding hydrogens is 384 g/mol. The molecule has 3 atom stereocenters. The fraction of sp³-hybridized carbons (Fsp3) is 0.609. The molecule has 7 nitrogen and oxygen atoms in total. The number of nitrogens with zero attached hydrogens (tertiary/aromatic N) is 1. The van der Waals surface area contributed by atoms with Gasteiger partial charge in [-0.1, -0.05) is 30.3 Å². The van der Waals surface area contributed by atoms with Gasteiger partial charge in [-0.05, 0) is 63.9 Å². The number of benzene rings is 1. The molecule has 164 valence electrons. The van der Waals surface area contributed by atoms with Crippen molar-refractivity contribution < 1.29 is 24.2 Å². The minimum atomic E-state index is -0.934. The van der Waals surface area contributed by atoms with Gasteiger partial charge in [-0.25, -0.2) is 4.79 Å². The number of carboxylic acids is 1. The number of amides is 1. The summed E-state index contributed by atoms with van der Waals surface area (Å²) in [5.41, 5.74) is 1.10. The molecule has 4 rings (SSSR count). The van der Waals surface area contributed by atoms with Gasteiger partial charge in [-0.2, -0.15) is 0 Å². The van der Waals surface area contributed by atoms with E-state index in [0.29, 0.717) is 12.8 Å². The maximum atomic E-state index is 13.2. The Kier molecular flexibility index (Phi) is 7.48. The molecule has 7 heteroatoms. The van der Waals surface area contributed by atoms with Crippen molar-refractivity contribution in [2.45, 2.75) is 76.5 Å². The first-order chi connectivity index (χ1) is 14.4. The van der Waals surface area contributed by atoms with E-state index in [-0.39, 0.29) is 30.4 Å². The number of fused-ring (bicyclic) bond motifs is 3. The second-order valence-electron chi connectivity index (χ2n) is 8.31. The lowest BCUT2D eigenvalue weighted by Gasteiger charge is -2.50.